The van der Waals surface area contributed by atoms with Crippen molar-refractivity contribution in [1.29, 1.82) is 5.26 Å². The van der Waals surface area contributed by atoms with Crippen LogP contribution in [0.2, 0.25) is 0 Å². The van der Waals surface area contributed by atoms with Crippen LogP contribution in [-0.2, 0) is 0 Å². The van der Waals surface area contributed by atoms with Gasteiger partial charge in [0, 0.05) is 16.1 Å². The van der Waals surface area contributed by atoms with E-state index in [1.165, 1.54) is 5.56 Å². The maximum Gasteiger partial charge on any atom is 0.101 e. The number of aryl methyl sites for hydroxylation is 1. The Morgan fingerprint density at radius 1 is 1.46 bits per heavy atom. The van der Waals surface area contributed by atoms with E-state index in [4.69, 9.17) is 5.26 Å². The molecule has 0 aliphatic carbocycles. The molecule has 0 bridgehead atoms. The summed E-state index contributed by atoms with van der Waals surface area (Å²) in [5, 5.41) is 9.95. The number of fused-ring (bicyclic) bond motifs is 1. The Hall–Kier alpha value is -1.27. The first kappa shape index (κ1) is 8.33. The van der Waals surface area contributed by atoms with Gasteiger partial charge in [-0.2, -0.15) is 5.26 Å². The molecule has 0 aliphatic rings. The molecule has 2 rings (SSSR count). The lowest BCUT2D eigenvalue weighted by Gasteiger charge is -1.97. The fourth-order valence-electron chi connectivity index (χ4n) is 1.47. The van der Waals surface area contributed by atoms with Crippen LogP contribution in [0.3, 0.4) is 0 Å². The van der Waals surface area contributed by atoms with E-state index >= 15 is 0 Å². The fourth-order valence-corrected chi connectivity index (χ4v) is 2.09. The van der Waals surface area contributed by atoms with Crippen LogP contribution in [0.4, 0.5) is 0 Å². The lowest BCUT2D eigenvalue weighted by molar-refractivity contribution is 1.43. The molecule has 1 heterocycles. The Morgan fingerprint density at radius 3 is 2.92 bits per heavy atom. The Morgan fingerprint density at radius 2 is 2.23 bits per heavy atom. The second-order valence-electron chi connectivity index (χ2n) is 2.93. The van der Waals surface area contributed by atoms with E-state index in [2.05, 4.69) is 27.0 Å². The van der Waals surface area contributed by atoms with Crippen molar-refractivity contribution < 1.29 is 0 Å². The van der Waals surface area contributed by atoms with Crippen LogP contribution in [0.15, 0.2) is 22.8 Å². The molecule has 3 heteroatoms. The molecule has 64 valence electrons. The molecule has 0 atom stereocenters. The molecule has 0 spiro atoms. The van der Waals surface area contributed by atoms with Gasteiger partial charge in [0.1, 0.15) is 6.07 Å². The molecule has 2 nitrogen and oxygen atoms in total. The van der Waals surface area contributed by atoms with Crippen molar-refractivity contribution in [1.82, 2.24) is 4.98 Å². The van der Waals surface area contributed by atoms with Crippen molar-refractivity contribution in [3.8, 4) is 6.07 Å². The summed E-state index contributed by atoms with van der Waals surface area (Å²) in [6.07, 6.45) is 1.86. The predicted molar refractivity (Wildman–Crippen MR) is 55.5 cm³/mol. The molecule has 2 aromatic rings. The van der Waals surface area contributed by atoms with Gasteiger partial charge in [0.05, 0.1) is 11.1 Å². The van der Waals surface area contributed by atoms with Crippen molar-refractivity contribution in [2.24, 2.45) is 0 Å². The van der Waals surface area contributed by atoms with E-state index < -0.39 is 0 Å². The van der Waals surface area contributed by atoms with Gasteiger partial charge in [-0.1, -0.05) is 6.07 Å². The van der Waals surface area contributed by atoms with E-state index in [0.29, 0.717) is 5.56 Å². The van der Waals surface area contributed by atoms with Gasteiger partial charge in [0.15, 0.2) is 0 Å². The van der Waals surface area contributed by atoms with Gasteiger partial charge < -0.3 is 4.98 Å². The van der Waals surface area contributed by atoms with E-state index in [9.17, 15) is 0 Å². The van der Waals surface area contributed by atoms with Crippen molar-refractivity contribution in [2.75, 3.05) is 0 Å². The van der Waals surface area contributed by atoms with E-state index in [1.807, 2.05) is 25.3 Å². The first-order valence-electron chi connectivity index (χ1n) is 3.90. The lowest BCUT2D eigenvalue weighted by atomic mass is 10.1. The quantitative estimate of drug-likeness (QED) is 0.748. The average molecular weight is 235 g/mol. The molecule has 1 aromatic carbocycles. The largest absolute Gasteiger partial charge is 0.359 e. The number of benzene rings is 1. The minimum Gasteiger partial charge on any atom is -0.359 e. The molecule has 13 heavy (non-hydrogen) atoms. The summed E-state index contributed by atoms with van der Waals surface area (Å²) < 4.78 is 1.01. The van der Waals surface area contributed by atoms with Gasteiger partial charge in [-0.05, 0) is 34.5 Å². The summed E-state index contributed by atoms with van der Waals surface area (Å²) in [6.45, 7) is 2.03. The summed E-state index contributed by atoms with van der Waals surface area (Å²) in [5.41, 5.74) is 2.77. The maximum absolute atomic E-state index is 8.85. The summed E-state index contributed by atoms with van der Waals surface area (Å²) in [7, 11) is 0. The van der Waals surface area contributed by atoms with E-state index in [1.54, 1.807) is 0 Å². The van der Waals surface area contributed by atoms with E-state index in [0.717, 1.165) is 15.4 Å². The van der Waals surface area contributed by atoms with Crippen LogP contribution < -0.4 is 0 Å². The van der Waals surface area contributed by atoms with Gasteiger partial charge in [-0.25, -0.2) is 0 Å². The summed E-state index contributed by atoms with van der Waals surface area (Å²) >= 11 is 3.44. The van der Waals surface area contributed by atoms with Gasteiger partial charge in [-0.15, -0.1) is 0 Å². The fraction of sp³-hybridized carbons (Fsp3) is 0.100. The van der Waals surface area contributed by atoms with Crippen LogP contribution in [0.1, 0.15) is 11.1 Å². The predicted octanol–water partition coefficient (Wildman–Crippen LogP) is 3.11. The van der Waals surface area contributed by atoms with Crippen LogP contribution >= 0.6 is 15.9 Å². The summed E-state index contributed by atoms with van der Waals surface area (Å²) in [5.74, 6) is 0. The standard InChI is InChI=1S/C10H7BrN2/c1-6-2-3-7(4-12)10-9(6)8(11)5-13-10/h2-3,5,13H,1H3. The zero-order chi connectivity index (χ0) is 9.42. The topological polar surface area (TPSA) is 39.6 Å². The third-order valence-electron chi connectivity index (χ3n) is 2.12. The number of H-pyrrole nitrogens is 1. The number of halogens is 1. The second kappa shape index (κ2) is 2.90. The second-order valence-corrected chi connectivity index (χ2v) is 3.78. The average Bonchev–Trinajstić information content (AvgIpc) is 2.50. The molecule has 0 amide bonds. The Kier molecular flexibility index (Phi) is 1.86. The van der Waals surface area contributed by atoms with Crippen molar-refractivity contribution >= 4 is 26.8 Å². The van der Waals surface area contributed by atoms with Gasteiger partial charge >= 0.3 is 0 Å². The SMILES string of the molecule is Cc1ccc(C#N)c2[nH]cc(Br)c12. The van der Waals surface area contributed by atoms with Crippen LogP contribution in [0.25, 0.3) is 10.9 Å². The highest BCUT2D eigenvalue weighted by Crippen LogP contribution is 2.28. The zero-order valence-corrected chi connectivity index (χ0v) is 8.64. The van der Waals surface area contributed by atoms with Crippen LogP contribution in [0.5, 0.6) is 0 Å². The molecule has 0 saturated heterocycles. The van der Waals surface area contributed by atoms with Gasteiger partial charge in [0.25, 0.3) is 0 Å². The molecule has 0 unspecified atom stereocenters. The molecule has 0 saturated carbocycles. The highest BCUT2D eigenvalue weighted by molar-refractivity contribution is 9.10. The highest BCUT2D eigenvalue weighted by atomic mass is 79.9. The van der Waals surface area contributed by atoms with Gasteiger partial charge in [-0.3, -0.25) is 0 Å². The van der Waals surface area contributed by atoms with Crippen molar-refractivity contribution in [3.63, 3.8) is 0 Å². The number of hydrogen-bond acceptors (Lipinski definition) is 1. The smallest absolute Gasteiger partial charge is 0.101 e. The number of nitrogens with zero attached hydrogens (tertiary/aromatic N) is 1. The number of aromatic nitrogens is 1. The lowest BCUT2D eigenvalue weighted by Crippen LogP contribution is -1.80. The molecule has 1 aromatic heterocycles. The molecule has 1 N–H and O–H groups in total. The number of nitrogens with one attached hydrogen (secondary N) is 1. The molecule has 0 aliphatic heterocycles. The summed E-state index contributed by atoms with van der Waals surface area (Å²) in [6, 6.07) is 5.95. The maximum atomic E-state index is 8.85. The third-order valence-corrected chi connectivity index (χ3v) is 2.74. The molecular weight excluding hydrogens is 228 g/mol. The highest BCUT2D eigenvalue weighted by Gasteiger charge is 2.07. The Balaban J connectivity index is 2.97. The minimum absolute atomic E-state index is 0.686. The van der Waals surface area contributed by atoms with Crippen LogP contribution in [-0.4, -0.2) is 4.98 Å². The zero-order valence-electron chi connectivity index (χ0n) is 7.06. The first-order valence-corrected chi connectivity index (χ1v) is 4.69. The molecule has 0 fully saturated rings. The van der Waals surface area contributed by atoms with Crippen molar-refractivity contribution in [3.05, 3.63) is 33.9 Å². The Labute approximate surface area is 84.3 Å². The third kappa shape index (κ3) is 1.14. The molecular formula is C10H7BrN2. The number of hydrogen-bond donors (Lipinski definition) is 1. The number of nitriles is 1. The summed E-state index contributed by atoms with van der Waals surface area (Å²) in [4.78, 5) is 3.08. The Bertz CT molecular complexity index is 505. The van der Waals surface area contributed by atoms with Crippen molar-refractivity contribution in [2.45, 2.75) is 6.92 Å². The minimum atomic E-state index is 0.686. The normalized spacial score (nSPS) is 10.2. The monoisotopic (exact) mass is 234 g/mol. The number of rotatable bonds is 0. The van der Waals surface area contributed by atoms with Crippen LogP contribution in [0, 0.1) is 18.3 Å². The van der Waals surface area contributed by atoms with Gasteiger partial charge in [0.2, 0.25) is 0 Å². The first-order chi connectivity index (χ1) is 6.24. The molecule has 0 radical (unpaired) electrons. The van der Waals surface area contributed by atoms with E-state index in [-0.39, 0.29) is 0 Å². The number of aromatic amines is 1.